The Morgan fingerprint density at radius 2 is 2.31 bits per heavy atom. The van der Waals surface area contributed by atoms with Crippen LogP contribution in [-0.2, 0) is 4.74 Å². The van der Waals surface area contributed by atoms with Gasteiger partial charge in [-0.15, -0.1) is 0 Å². The van der Waals surface area contributed by atoms with Gasteiger partial charge in [-0.1, -0.05) is 11.6 Å². The number of methoxy groups -OCH3 is 1. The summed E-state index contributed by atoms with van der Waals surface area (Å²) in [5.41, 5.74) is 2.23. The molecule has 0 bridgehead atoms. The molecule has 1 heterocycles. The molecule has 0 saturated carbocycles. The minimum atomic E-state index is 0.476. The van der Waals surface area contributed by atoms with Crippen molar-refractivity contribution in [2.45, 2.75) is 18.9 Å². The molecule has 4 heteroatoms. The quantitative estimate of drug-likeness (QED) is 0.794. The van der Waals surface area contributed by atoms with Crippen molar-refractivity contribution in [3.05, 3.63) is 23.2 Å². The van der Waals surface area contributed by atoms with Gasteiger partial charge in [0.15, 0.2) is 0 Å². The van der Waals surface area contributed by atoms with Crippen LogP contribution in [0, 0.1) is 0 Å². The molecule has 2 rings (SSSR count). The molecule has 0 spiro atoms. The third-order valence-electron chi connectivity index (χ3n) is 2.78. The fourth-order valence-corrected chi connectivity index (χ4v) is 2.11. The van der Waals surface area contributed by atoms with Gasteiger partial charge in [-0.25, -0.2) is 0 Å². The van der Waals surface area contributed by atoms with E-state index in [2.05, 4.69) is 10.6 Å². The molecule has 0 fully saturated rings. The number of ether oxygens (including phenoxy) is 1. The highest BCUT2D eigenvalue weighted by Crippen LogP contribution is 2.29. The van der Waals surface area contributed by atoms with Crippen LogP contribution >= 0.6 is 11.6 Å². The van der Waals surface area contributed by atoms with Crippen molar-refractivity contribution in [2.75, 3.05) is 30.9 Å². The standard InChI is InChI=1S/C12H17ClN2O/c1-16-6-2-3-10-8-14-12-7-9(13)4-5-11(12)15-10/h4-5,7,10,14-15H,2-3,6,8H2,1H3. The smallest absolute Gasteiger partial charge is 0.0591 e. The molecule has 1 aromatic rings. The third kappa shape index (κ3) is 2.80. The van der Waals surface area contributed by atoms with Crippen molar-refractivity contribution in [3.8, 4) is 0 Å². The van der Waals surface area contributed by atoms with E-state index in [0.29, 0.717) is 6.04 Å². The molecule has 0 aliphatic carbocycles. The summed E-state index contributed by atoms with van der Waals surface area (Å²) >= 11 is 5.93. The van der Waals surface area contributed by atoms with E-state index in [4.69, 9.17) is 16.3 Å². The first-order chi connectivity index (χ1) is 7.79. The van der Waals surface area contributed by atoms with Crippen LogP contribution in [0.4, 0.5) is 11.4 Å². The molecular formula is C12H17ClN2O. The Morgan fingerprint density at radius 1 is 1.44 bits per heavy atom. The van der Waals surface area contributed by atoms with Crippen molar-refractivity contribution in [1.82, 2.24) is 0 Å². The van der Waals surface area contributed by atoms with Crippen LogP contribution in [0.15, 0.2) is 18.2 Å². The van der Waals surface area contributed by atoms with Crippen molar-refractivity contribution < 1.29 is 4.74 Å². The fraction of sp³-hybridized carbons (Fsp3) is 0.500. The summed E-state index contributed by atoms with van der Waals surface area (Å²) in [6.45, 7) is 1.77. The van der Waals surface area contributed by atoms with Crippen molar-refractivity contribution in [2.24, 2.45) is 0 Å². The maximum Gasteiger partial charge on any atom is 0.0591 e. The van der Waals surface area contributed by atoms with Gasteiger partial charge in [-0.3, -0.25) is 0 Å². The number of hydrogen-bond acceptors (Lipinski definition) is 3. The summed E-state index contributed by atoms with van der Waals surface area (Å²) < 4.78 is 5.05. The molecular weight excluding hydrogens is 224 g/mol. The van der Waals surface area contributed by atoms with Crippen LogP contribution in [0.5, 0.6) is 0 Å². The number of fused-ring (bicyclic) bond motifs is 1. The van der Waals surface area contributed by atoms with Crippen LogP contribution < -0.4 is 10.6 Å². The first kappa shape index (κ1) is 11.6. The third-order valence-corrected chi connectivity index (χ3v) is 3.02. The summed E-state index contributed by atoms with van der Waals surface area (Å²) in [7, 11) is 1.74. The zero-order valence-corrected chi connectivity index (χ0v) is 10.2. The molecule has 0 amide bonds. The van der Waals surface area contributed by atoms with E-state index < -0.39 is 0 Å². The molecule has 3 nitrogen and oxygen atoms in total. The molecule has 0 saturated heterocycles. The van der Waals surface area contributed by atoms with Gasteiger partial charge in [0.25, 0.3) is 0 Å². The first-order valence-corrected chi connectivity index (χ1v) is 5.96. The number of halogens is 1. The average Bonchev–Trinajstić information content (AvgIpc) is 2.29. The lowest BCUT2D eigenvalue weighted by molar-refractivity contribution is 0.191. The Hall–Kier alpha value is -0.930. The highest BCUT2D eigenvalue weighted by Gasteiger charge is 2.16. The Morgan fingerprint density at radius 3 is 3.12 bits per heavy atom. The van der Waals surface area contributed by atoms with E-state index in [1.165, 1.54) is 0 Å². The van der Waals surface area contributed by atoms with Crippen LogP contribution in [0.1, 0.15) is 12.8 Å². The van der Waals surface area contributed by atoms with E-state index in [0.717, 1.165) is 42.4 Å². The first-order valence-electron chi connectivity index (χ1n) is 5.58. The largest absolute Gasteiger partial charge is 0.385 e. The summed E-state index contributed by atoms with van der Waals surface area (Å²) in [6, 6.07) is 6.36. The van der Waals surface area contributed by atoms with Gasteiger partial charge in [0.2, 0.25) is 0 Å². The second kappa shape index (κ2) is 5.41. The summed E-state index contributed by atoms with van der Waals surface area (Å²) in [5.74, 6) is 0. The predicted octanol–water partition coefficient (Wildman–Crippen LogP) is 2.97. The van der Waals surface area contributed by atoms with Crippen LogP contribution in [-0.4, -0.2) is 26.3 Å². The zero-order valence-electron chi connectivity index (χ0n) is 9.42. The van der Waals surface area contributed by atoms with Gasteiger partial charge in [0, 0.05) is 31.3 Å². The molecule has 0 aromatic heterocycles. The molecule has 16 heavy (non-hydrogen) atoms. The monoisotopic (exact) mass is 240 g/mol. The number of nitrogens with one attached hydrogen (secondary N) is 2. The second-order valence-corrected chi connectivity index (χ2v) is 4.48. The van der Waals surface area contributed by atoms with E-state index in [1.54, 1.807) is 7.11 Å². The molecule has 88 valence electrons. The van der Waals surface area contributed by atoms with Crippen LogP contribution in [0.2, 0.25) is 5.02 Å². The van der Waals surface area contributed by atoms with Crippen molar-refractivity contribution in [3.63, 3.8) is 0 Å². The normalized spacial score (nSPS) is 18.5. The summed E-state index contributed by atoms with van der Waals surface area (Å²) in [6.07, 6.45) is 2.20. The maximum absolute atomic E-state index is 5.93. The molecule has 2 N–H and O–H groups in total. The second-order valence-electron chi connectivity index (χ2n) is 4.05. The molecule has 1 aliphatic heterocycles. The van der Waals surface area contributed by atoms with Gasteiger partial charge < -0.3 is 15.4 Å². The molecule has 1 atom stereocenters. The fourth-order valence-electron chi connectivity index (χ4n) is 1.94. The number of benzene rings is 1. The lowest BCUT2D eigenvalue weighted by atomic mass is 10.1. The highest BCUT2D eigenvalue weighted by molar-refractivity contribution is 6.31. The van der Waals surface area contributed by atoms with Gasteiger partial charge in [0.05, 0.1) is 11.4 Å². The van der Waals surface area contributed by atoms with E-state index in [-0.39, 0.29) is 0 Å². The van der Waals surface area contributed by atoms with Gasteiger partial charge in [-0.05, 0) is 31.0 Å². The Balaban J connectivity index is 1.93. The lowest BCUT2D eigenvalue weighted by Crippen LogP contribution is -2.33. The minimum absolute atomic E-state index is 0.476. The summed E-state index contributed by atoms with van der Waals surface area (Å²) in [5, 5.41) is 7.67. The van der Waals surface area contributed by atoms with Gasteiger partial charge in [-0.2, -0.15) is 0 Å². The van der Waals surface area contributed by atoms with Crippen LogP contribution in [0.25, 0.3) is 0 Å². The SMILES string of the molecule is COCCCC1CNc2cc(Cl)ccc2N1. The maximum atomic E-state index is 5.93. The van der Waals surface area contributed by atoms with Gasteiger partial charge >= 0.3 is 0 Å². The summed E-state index contributed by atoms with van der Waals surface area (Å²) in [4.78, 5) is 0. The minimum Gasteiger partial charge on any atom is -0.385 e. The Labute approximate surface area is 101 Å². The zero-order chi connectivity index (χ0) is 11.4. The lowest BCUT2D eigenvalue weighted by Gasteiger charge is -2.28. The molecule has 0 radical (unpaired) electrons. The number of hydrogen-bond donors (Lipinski definition) is 2. The molecule has 1 aliphatic rings. The number of anilines is 2. The Bertz CT molecular complexity index is 357. The van der Waals surface area contributed by atoms with E-state index >= 15 is 0 Å². The van der Waals surface area contributed by atoms with Crippen molar-refractivity contribution >= 4 is 23.0 Å². The Kier molecular flexibility index (Phi) is 3.91. The predicted molar refractivity (Wildman–Crippen MR) is 68.5 cm³/mol. The molecule has 1 unspecified atom stereocenters. The average molecular weight is 241 g/mol. The van der Waals surface area contributed by atoms with Gasteiger partial charge in [0.1, 0.15) is 0 Å². The molecule has 1 aromatic carbocycles. The van der Waals surface area contributed by atoms with E-state index in [9.17, 15) is 0 Å². The number of rotatable bonds is 4. The van der Waals surface area contributed by atoms with Crippen LogP contribution in [0.3, 0.4) is 0 Å². The topological polar surface area (TPSA) is 33.3 Å². The van der Waals surface area contributed by atoms with Crippen molar-refractivity contribution in [1.29, 1.82) is 0 Å². The van der Waals surface area contributed by atoms with E-state index in [1.807, 2.05) is 18.2 Å². The highest BCUT2D eigenvalue weighted by atomic mass is 35.5.